The van der Waals surface area contributed by atoms with Crippen molar-refractivity contribution in [1.29, 1.82) is 0 Å². The number of nitrogens with zero attached hydrogens (tertiary/aromatic N) is 3. The third kappa shape index (κ3) is 4.54. The summed E-state index contributed by atoms with van der Waals surface area (Å²) in [7, 11) is 0. The van der Waals surface area contributed by atoms with Crippen molar-refractivity contribution in [3.05, 3.63) is 47.3 Å². The molecule has 172 valence electrons. The van der Waals surface area contributed by atoms with Crippen LogP contribution in [0.15, 0.2) is 30.3 Å². The highest BCUT2D eigenvalue weighted by Crippen LogP contribution is 2.33. The van der Waals surface area contributed by atoms with E-state index < -0.39 is 11.5 Å². The number of benzene rings is 1. The molecule has 32 heavy (non-hydrogen) atoms. The van der Waals surface area contributed by atoms with Crippen LogP contribution in [0, 0.1) is 5.92 Å². The molecular formula is C24H32N4O4. The van der Waals surface area contributed by atoms with E-state index in [1.807, 2.05) is 24.3 Å². The standard InChI is InChI=1S/C24H32N4O4/c1-6-17-8-10-18(11-9-17)28-21(29)20-14-19(22(30)32-7-2)26-27(20)15-24(28,5)23(31)25-13-12-16(3)4/h8-11,14,16H,6-7,12-13,15H2,1-5H3,(H,25,31). The molecule has 1 aliphatic heterocycles. The van der Waals surface area contributed by atoms with Crippen molar-refractivity contribution in [2.24, 2.45) is 5.92 Å². The number of aromatic nitrogens is 2. The lowest BCUT2D eigenvalue weighted by molar-refractivity contribution is -0.126. The first-order valence-corrected chi connectivity index (χ1v) is 11.2. The van der Waals surface area contributed by atoms with E-state index in [1.165, 1.54) is 15.6 Å². The average Bonchev–Trinajstić information content (AvgIpc) is 3.18. The van der Waals surface area contributed by atoms with Gasteiger partial charge in [-0.1, -0.05) is 32.9 Å². The van der Waals surface area contributed by atoms with E-state index in [9.17, 15) is 14.4 Å². The van der Waals surface area contributed by atoms with E-state index in [2.05, 4.69) is 31.2 Å². The Bertz CT molecular complexity index is 996. The second-order valence-electron chi connectivity index (χ2n) is 8.67. The molecule has 2 aromatic rings. The molecule has 2 heterocycles. The molecule has 0 fully saturated rings. The van der Waals surface area contributed by atoms with Crippen molar-refractivity contribution in [2.45, 2.75) is 59.5 Å². The van der Waals surface area contributed by atoms with Crippen LogP contribution in [0.25, 0.3) is 0 Å². The van der Waals surface area contributed by atoms with Gasteiger partial charge in [0.05, 0.1) is 13.2 Å². The van der Waals surface area contributed by atoms with E-state index in [0.29, 0.717) is 18.2 Å². The first kappa shape index (κ1) is 23.5. The van der Waals surface area contributed by atoms with Crippen molar-refractivity contribution < 1.29 is 19.1 Å². The lowest BCUT2D eigenvalue weighted by atomic mass is 9.93. The minimum atomic E-state index is -1.22. The zero-order valence-corrected chi connectivity index (χ0v) is 19.5. The summed E-state index contributed by atoms with van der Waals surface area (Å²) in [6.07, 6.45) is 1.71. The van der Waals surface area contributed by atoms with Crippen molar-refractivity contribution >= 4 is 23.5 Å². The molecule has 1 aromatic heterocycles. The monoisotopic (exact) mass is 440 g/mol. The lowest BCUT2D eigenvalue weighted by Crippen LogP contribution is -2.64. The van der Waals surface area contributed by atoms with Crippen LogP contribution in [-0.4, -0.2) is 46.3 Å². The number of hydrogen-bond donors (Lipinski definition) is 1. The van der Waals surface area contributed by atoms with Gasteiger partial charge in [0.15, 0.2) is 5.69 Å². The minimum Gasteiger partial charge on any atom is -0.461 e. The Hall–Kier alpha value is -3.16. The Morgan fingerprint density at radius 1 is 1.22 bits per heavy atom. The molecule has 3 rings (SSSR count). The van der Waals surface area contributed by atoms with Crippen molar-refractivity contribution in [3.8, 4) is 0 Å². The number of carbonyl (C=O) groups is 3. The first-order chi connectivity index (χ1) is 15.2. The molecule has 1 atom stereocenters. The number of nitrogens with one attached hydrogen (secondary N) is 1. The summed E-state index contributed by atoms with van der Waals surface area (Å²) in [6.45, 7) is 10.5. The van der Waals surface area contributed by atoms with Crippen LogP contribution in [-0.2, 0) is 22.5 Å². The first-order valence-electron chi connectivity index (χ1n) is 11.2. The van der Waals surface area contributed by atoms with Gasteiger partial charge in [0.1, 0.15) is 11.2 Å². The van der Waals surface area contributed by atoms with Crippen LogP contribution in [0.2, 0.25) is 0 Å². The Balaban J connectivity index is 2.02. The quantitative estimate of drug-likeness (QED) is 0.636. The fourth-order valence-electron chi connectivity index (χ4n) is 3.84. The van der Waals surface area contributed by atoms with Crippen molar-refractivity contribution in [1.82, 2.24) is 15.1 Å². The zero-order chi connectivity index (χ0) is 23.5. The number of fused-ring (bicyclic) bond motifs is 1. The average molecular weight is 441 g/mol. The van der Waals surface area contributed by atoms with Crippen molar-refractivity contribution in [3.63, 3.8) is 0 Å². The molecule has 1 N–H and O–H groups in total. The third-order valence-electron chi connectivity index (χ3n) is 5.74. The molecule has 1 aliphatic rings. The number of amides is 2. The van der Waals surface area contributed by atoms with Gasteiger partial charge in [-0.05, 0) is 50.3 Å². The Labute approximate surface area is 188 Å². The summed E-state index contributed by atoms with van der Waals surface area (Å²) in [5, 5.41) is 7.26. The molecule has 0 saturated carbocycles. The second kappa shape index (κ2) is 9.54. The summed E-state index contributed by atoms with van der Waals surface area (Å²) in [5.74, 6) is -0.794. The molecule has 8 nitrogen and oxygen atoms in total. The fraction of sp³-hybridized carbons (Fsp3) is 0.500. The van der Waals surface area contributed by atoms with E-state index in [1.54, 1.807) is 13.8 Å². The van der Waals surface area contributed by atoms with Gasteiger partial charge < -0.3 is 10.1 Å². The van der Waals surface area contributed by atoms with Gasteiger partial charge in [-0.3, -0.25) is 19.2 Å². The zero-order valence-electron chi connectivity index (χ0n) is 19.5. The molecule has 8 heteroatoms. The van der Waals surface area contributed by atoms with Gasteiger partial charge in [0, 0.05) is 18.3 Å². The minimum absolute atomic E-state index is 0.0564. The van der Waals surface area contributed by atoms with Crippen LogP contribution in [0.1, 0.15) is 67.6 Å². The molecule has 0 aliphatic carbocycles. The summed E-state index contributed by atoms with van der Waals surface area (Å²) < 4.78 is 6.47. The number of esters is 1. The maximum atomic E-state index is 13.6. The second-order valence-corrected chi connectivity index (χ2v) is 8.67. The van der Waals surface area contributed by atoms with Crippen LogP contribution < -0.4 is 10.2 Å². The molecule has 0 saturated heterocycles. The Morgan fingerprint density at radius 3 is 2.50 bits per heavy atom. The van der Waals surface area contributed by atoms with E-state index >= 15 is 0 Å². The predicted molar refractivity (Wildman–Crippen MR) is 122 cm³/mol. The van der Waals surface area contributed by atoms with Crippen molar-refractivity contribution in [2.75, 3.05) is 18.1 Å². The summed E-state index contributed by atoms with van der Waals surface area (Å²) >= 11 is 0. The van der Waals surface area contributed by atoms with Crippen LogP contribution in [0.4, 0.5) is 5.69 Å². The summed E-state index contributed by atoms with van der Waals surface area (Å²) in [6, 6.07) is 9.05. The Kier molecular flexibility index (Phi) is 7.01. The fourth-order valence-corrected chi connectivity index (χ4v) is 3.84. The van der Waals surface area contributed by atoms with Crippen LogP contribution >= 0.6 is 0 Å². The topological polar surface area (TPSA) is 93.5 Å². The lowest BCUT2D eigenvalue weighted by Gasteiger charge is -2.43. The van der Waals surface area contributed by atoms with E-state index in [4.69, 9.17) is 4.74 Å². The summed E-state index contributed by atoms with van der Waals surface area (Å²) in [4.78, 5) is 40.7. The molecule has 0 spiro atoms. The molecule has 0 radical (unpaired) electrons. The predicted octanol–water partition coefficient (Wildman–Crippen LogP) is 3.20. The van der Waals surface area contributed by atoms with Gasteiger partial charge in [-0.25, -0.2) is 4.79 Å². The smallest absolute Gasteiger partial charge is 0.358 e. The van der Waals surface area contributed by atoms with Gasteiger partial charge in [-0.2, -0.15) is 5.10 Å². The van der Waals surface area contributed by atoms with Crippen LogP contribution in [0.3, 0.4) is 0 Å². The largest absolute Gasteiger partial charge is 0.461 e. The number of rotatable bonds is 8. The van der Waals surface area contributed by atoms with Gasteiger partial charge in [0.2, 0.25) is 5.91 Å². The third-order valence-corrected chi connectivity index (χ3v) is 5.74. The van der Waals surface area contributed by atoms with Gasteiger partial charge in [0.25, 0.3) is 5.91 Å². The number of carbonyl (C=O) groups excluding carboxylic acids is 3. The molecule has 1 aromatic carbocycles. The maximum absolute atomic E-state index is 13.6. The molecule has 1 unspecified atom stereocenters. The molecule has 2 amide bonds. The number of aryl methyl sites for hydroxylation is 1. The van der Waals surface area contributed by atoms with Gasteiger partial charge in [-0.15, -0.1) is 0 Å². The summed E-state index contributed by atoms with van der Waals surface area (Å²) in [5.41, 5.74) is 0.850. The van der Waals surface area contributed by atoms with E-state index in [-0.39, 0.29) is 36.4 Å². The molecular weight excluding hydrogens is 408 g/mol. The SMILES string of the molecule is CCOC(=O)c1cc2n(n1)CC(C)(C(=O)NCCC(C)C)N(c1ccc(CC)cc1)C2=O. The van der Waals surface area contributed by atoms with Crippen LogP contribution in [0.5, 0.6) is 0 Å². The Morgan fingerprint density at radius 2 is 1.91 bits per heavy atom. The van der Waals surface area contributed by atoms with Gasteiger partial charge >= 0.3 is 5.97 Å². The van der Waals surface area contributed by atoms with E-state index in [0.717, 1.165) is 18.4 Å². The number of anilines is 1. The maximum Gasteiger partial charge on any atom is 0.358 e. The highest BCUT2D eigenvalue weighted by molar-refractivity contribution is 6.12. The molecule has 0 bridgehead atoms. The number of hydrogen-bond acceptors (Lipinski definition) is 5. The highest BCUT2D eigenvalue weighted by Gasteiger charge is 2.49. The highest BCUT2D eigenvalue weighted by atomic mass is 16.5. The number of ether oxygens (including phenoxy) is 1. The normalized spacial score (nSPS) is 17.9.